The number of benzene rings is 3. The minimum atomic E-state index is -1.82. The third-order valence-corrected chi connectivity index (χ3v) is 12.7. The molecule has 30 heteroatoms. The van der Waals surface area contributed by atoms with Gasteiger partial charge >= 0.3 is 47.8 Å². The third kappa shape index (κ3) is 22.3. The molecular formula is C56H68N10O20. The number of hydrogen-bond acceptors (Lipinski definition) is 22. The molecule has 0 unspecified atom stereocenters. The van der Waals surface area contributed by atoms with Gasteiger partial charge in [0.1, 0.15) is 0 Å². The molecule has 462 valence electrons. The lowest BCUT2D eigenvalue weighted by Crippen LogP contribution is -2.59. The number of morpholine rings is 4. The number of aliphatic imine (C=N–C) groups is 2. The van der Waals surface area contributed by atoms with Crippen LogP contribution in [0.2, 0.25) is 0 Å². The first-order valence-corrected chi connectivity index (χ1v) is 27.0. The first-order valence-electron chi connectivity index (χ1n) is 27.0. The lowest BCUT2D eigenvalue weighted by molar-refractivity contribution is -0.226. The molecule has 0 radical (unpaired) electrons. The molecule has 0 bridgehead atoms. The second-order valence-electron chi connectivity index (χ2n) is 18.5. The molecule has 0 aliphatic carbocycles. The summed E-state index contributed by atoms with van der Waals surface area (Å²) in [5.41, 5.74) is 7.82. The van der Waals surface area contributed by atoms with Gasteiger partial charge in [0.15, 0.2) is 0 Å². The van der Waals surface area contributed by atoms with Gasteiger partial charge in [0.2, 0.25) is 0 Å². The Bertz CT molecular complexity index is 2780. The molecule has 8 N–H and O–H groups in total. The van der Waals surface area contributed by atoms with Gasteiger partial charge in [-0.25, -0.2) is 68.4 Å². The molecule has 4 fully saturated rings. The van der Waals surface area contributed by atoms with Crippen molar-refractivity contribution < 1.29 is 98.2 Å². The molecule has 0 spiro atoms. The number of carbonyl (C=O) groups is 8. The molecule has 9 rings (SSSR count). The molecule has 0 amide bonds. The molecule has 6 heterocycles. The van der Waals surface area contributed by atoms with Crippen LogP contribution in [-0.2, 0) is 57.3 Å². The topological polar surface area (TPSA) is 405 Å². The maximum atomic E-state index is 9.10. The molecular weight excluding hydrogens is 1130 g/mol. The third-order valence-electron chi connectivity index (χ3n) is 12.7. The standard InChI is InChI=1S/C48H60N10O4.4C2H2O4/c1-3-9-39(10-4-1)45-35-41(37-49-15-7-17-57(53-19-27-59-28-20-53)54-21-29-60-30-22-54)51-47-43(45)13-14-44-46(40-11-5-2-6-12-40)36-42(52-48(44)47)38-50-16-8-18-58(55-23-31-61-32-24-55)56-25-33-62-34-26-56;4*3-1(4)2(5)6/h1-6,9-14,35-38H,7-8,15-34H2;4*(H,3,4)(H,5,6). The summed E-state index contributed by atoms with van der Waals surface area (Å²) in [6.45, 7) is 16.4. The van der Waals surface area contributed by atoms with Crippen molar-refractivity contribution in [1.82, 2.24) is 40.2 Å². The van der Waals surface area contributed by atoms with Crippen molar-refractivity contribution >= 4 is 82.0 Å². The van der Waals surface area contributed by atoms with Crippen LogP contribution < -0.4 is 0 Å². The maximum absolute atomic E-state index is 9.10. The second-order valence-corrected chi connectivity index (χ2v) is 18.5. The molecule has 0 saturated carbocycles. The summed E-state index contributed by atoms with van der Waals surface area (Å²) in [6.07, 6.45) is 5.71. The van der Waals surface area contributed by atoms with E-state index < -0.39 is 47.8 Å². The van der Waals surface area contributed by atoms with Crippen molar-refractivity contribution in [3.8, 4) is 22.3 Å². The first-order chi connectivity index (χ1) is 41.4. The number of carboxylic acids is 8. The van der Waals surface area contributed by atoms with Crippen molar-refractivity contribution in [2.75, 3.05) is 131 Å². The van der Waals surface area contributed by atoms with E-state index in [1.165, 1.54) is 0 Å². The highest BCUT2D eigenvalue weighted by atomic mass is 16.5. The SMILES string of the molecule is C(=NCCCN(N1CCOCC1)N1CCOCC1)c1cc(-c2ccccc2)c2ccc3c(-c4ccccc4)cc(C=NCCCN(N4CCOCC4)N4CCOCC4)nc3c2n1.O=C(O)C(=O)O.O=C(O)C(=O)O.O=C(O)C(=O)O.O=C(O)C(=O)O. The lowest BCUT2D eigenvalue weighted by Gasteiger charge is -2.45. The summed E-state index contributed by atoms with van der Waals surface area (Å²) in [5.74, 6) is -14.6. The number of hydrazine groups is 4. The van der Waals surface area contributed by atoms with E-state index >= 15 is 0 Å². The zero-order chi connectivity index (χ0) is 62.4. The number of aliphatic carboxylic acids is 8. The normalized spacial score (nSPS) is 15.9. The summed E-state index contributed by atoms with van der Waals surface area (Å²) in [5, 5.41) is 75.7. The molecule has 5 aromatic rings. The fourth-order valence-electron chi connectivity index (χ4n) is 8.84. The van der Waals surface area contributed by atoms with Gasteiger partial charge in [-0.05, 0) is 47.2 Å². The van der Waals surface area contributed by atoms with Crippen LogP contribution in [0.3, 0.4) is 0 Å². The number of fused-ring (bicyclic) bond motifs is 3. The fraction of sp³-hybridized carbons (Fsp3) is 0.393. The number of ether oxygens (including phenoxy) is 4. The average Bonchev–Trinajstić information content (AvgIpc) is 3.00. The molecule has 2 aromatic heterocycles. The molecule has 0 atom stereocenters. The van der Waals surface area contributed by atoms with Crippen LogP contribution in [0.5, 0.6) is 0 Å². The summed E-state index contributed by atoms with van der Waals surface area (Å²) in [6, 6.07) is 29.9. The number of carboxylic acid groups (broad SMARTS) is 8. The van der Waals surface area contributed by atoms with Crippen molar-refractivity contribution in [3.63, 3.8) is 0 Å². The number of pyridine rings is 2. The maximum Gasteiger partial charge on any atom is 0.414 e. The van der Waals surface area contributed by atoms with Crippen LogP contribution in [-0.4, -0.2) is 273 Å². The van der Waals surface area contributed by atoms with Gasteiger partial charge in [0.25, 0.3) is 0 Å². The van der Waals surface area contributed by atoms with Gasteiger partial charge < -0.3 is 59.8 Å². The Morgan fingerprint density at radius 3 is 0.907 bits per heavy atom. The van der Waals surface area contributed by atoms with Crippen LogP contribution in [0.1, 0.15) is 24.2 Å². The van der Waals surface area contributed by atoms with Crippen molar-refractivity contribution in [2.24, 2.45) is 9.98 Å². The first kappa shape index (κ1) is 68.0. The Hall–Kier alpha value is -8.82. The smallest absolute Gasteiger partial charge is 0.414 e. The minimum Gasteiger partial charge on any atom is -0.473 e. The minimum absolute atomic E-state index is 0.689. The Kier molecular flexibility index (Phi) is 28.5. The summed E-state index contributed by atoms with van der Waals surface area (Å²) >= 11 is 0. The molecule has 4 saturated heterocycles. The van der Waals surface area contributed by atoms with Crippen LogP contribution >= 0.6 is 0 Å². The van der Waals surface area contributed by atoms with E-state index in [4.69, 9.17) is 118 Å². The molecule has 4 aliphatic heterocycles. The Labute approximate surface area is 491 Å². The number of rotatable bonds is 16. The fourth-order valence-corrected chi connectivity index (χ4v) is 8.84. The van der Waals surface area contributed by atoms with Gasteiger partial charge in [0.05, 0.1) is 75.3 Å². The molecule has 4 aliphatic rings. The van der Waals surface area contributed by atoms with Gasteiger partial charge in [0, 0.05) is 102 Å². The van der Waals surface area contributed by atoms with Crippen molar-refractivity contribution in [2.45, 2.75) is 12.8 Å². The second kappa shape index (κ2) is 36.1. The predicted molar refractivity (Wildman–Crippen MR) is 306 cm³/mol. The summed E-state index contributed by atoms with van der Waals surface area (Å²) in [7, 11) is 0. The Morgan fingerprint density at radius 1 is 0.407 bits per heavy atom. The highest BCUT2D eigenvalue weighted by Gasteiger charge is 2.27. The van der Waals surface area contributed by atoms with Gasteiger partial charge in [-0.1, -0.05) is 72.8 Å². The lowest BCUT2D eigenvalue weighted by atomic mass is 9.95. The van der Waals surface area contributed by atoms with E-state index in [-0.39, 0.29) is 0 Å². The van der Waals surface area contributed by atoms with Crippen LogP contribution in [0.4, 0.5) is 0 Å². The van der Waals surface area contributed by atoms with Crippen LogP contribution in [0.25, 0.3) is 44.1 Å². The Morgan fingerprint density at radius 2 is 0.663 bits per heavy atom. The quantitative estimate of drug-likeness (QED) is 0.0303. The van der Waals surface area contributed by atoms with E-state index in [0.717, 1.165) is 187 Å². The number of hydrogen-bond donors (Lipinski definition) is 8. The monoisotopic (exact) mass is 1200 g/mol. The number of nitrogens with zero attached hydrogens (tertiary/aromatic N) is 10. The van der Waals surface area contributed by atoms with E-state index in [2.05, 4.69) is 115 Å². The number of aromatic nitrogens is 2. The molecule has 86 heavy (non-hydrogen) atoms. The van der Waals surface area contributed by atoms with Gasteiger partial charge in [-0.15, -0.1) is 0 Å². The highest BCUT2D eigenvalue weighted by Crippen LogP contribution is 2.36. The Balaban J connectivity index is 0.000000475. The summed E-state index contributed by atoms with van der Waals surface area (Å²) < 4.78 is 22.7. The van der Waals surface area contributed by atoms with E-state index in [9.17, 15) is 0 Å². The van der Waals surface area contributed by atoms with Gasteiger partial charge in [-0.3, -0.25) is 9.98 Å². The van der Waals surface area contributed by atoms with Gasteiger partial charge in [-0.2, -0.15) is 10.2 Å². The predicted octanol–water partition coefficient (Wildman–Crippen LogP) is 1.95. The van der Waals surface area contributed by atoms with Crippen molar-refractivity contribution in [1.29, 1.82) is 0 Å². The largest absolute Gasteiger partial charge is 0.473 e. The average molecular weight is 1200 g/mol. The van der Waals surface area contributed by atoms with Crippen LogP contribution in [0.15, 0.2) is 94.9 Å². The summed E-state index contributed by atoms with van der Waals surface area (Å²) in [4.78, 5) is 93.4. The zero-order valence-electron chi connectivity index (χ0n) is 46.7. The molecule has 30 nitrogen and oxygen atoms in total. The van der Waals surface area contributed by atoms with Crippen molar-refractivity contribution in [3.05, 3.63) is 96.3 Å². The zero-order valence-corrected chi connectivity index (χ0v) is 46.7. The van der Waals surface area contributed by atoms with E-state index in [1.807, 2.05) is 12.4 Å². The van der Waals surface area contributed by atoms with E-state index in [1.54, 1.807) is 0 Å². The molecule has 3 aromatic carbocycles. The van der Waals surface area contributed by atoms with E-state index in [0.29, 0.717) is 13.1 Å². The highest BCUT2D eigenvalue weighted by molar-refractivity contribution is 6.28. The van der Waals surface area contributed by atoms with Crippen LogP contribution in [0, 0.1) is 0 Å².